The summed E-state index contributed by atoms with van der Waals surface area (Å²) in [6, 6.07) is 13.9. The van der Waals surface area contributed by atoms with Gasteiger partial charge in [-0.05, 0) is 67.8 Å². The summed E-state index contributed by atoms with van der Waals surface area (Å²) in [5.74, 6) is -1.12. The number of carbonyl (C=O) groups excluding carboxylic acids is 4. The van der Waals surface area contributed by atoms with E-state index < -0.39 is 11.8 Å². The summed E-state index contributed by atoms with van der Waals surface area (Å²) in [6.45, 7) is 0.770. The predicted molar refractivity (Wildman–Crippen MR) is 135 cm³/mol. The minimum atomic E-state index is -0.715. The SMILES string of the molecule is NC(=O)COc1ccc(-n2nc(C(N)=O)c3c2C(=O)N(c2ccc(N4CCCCC4=O)cc2)CC3)cc1. The van der Waals surface area contributed by atoms with Gasteiger partial charge in [0.05, 0.1) is 5.69 Å². The summed E-state index contributed by atoms with van der Waals surface area (Å²) < 4.78 is 6.70. The van der Waals surface area contributed by atoms with E-state index in [1.807, 2.05) is 24.3 Å². The fourth-order valence-electron chi connectivity index (χ4n) is 4.72. The van der Waals surface area contributed by atoms with Crippen LogP contribution in [0.15, 0.2) is 48.5 Å². The molecule has 2 aliphatic heterocycles. The number of carbonyl (C=O) groups is 4. The lowest BCUT2D eigenvalue weighted by Gasteiger charge is -2.29. The first-order valence-electron chi connectivity index (χ1n) is 12.0. The molecule has 0 aliphatic carbocycles. The summed E-state index contributed by atoms with van der Waals surface area (Å²) in [4.78, 5) is 52.5. The number of nitrogens with zero attached hydrogens (tertiary/aromatic N) is 4. The zero-order chi connectivity index (χ0) is 26.1. The summed E-state index contributed by atoms with van der Waals surface area (Å²) >= 11 is 0. The minimum absolute atomic E-state index is 0.0519. The van der Waals surface area contributed by atoms with E-state index in [9.17, 15) is 19.2 Å². The van der Waals surface area contributed by atoms with Crippen molar-refractivity contribution in [2.75, 3.05) is 29.5 Å². The topological polar surface area (TPSA) is 154 Å². The van der Waals surface area contributed by atoms with Gasteiger partial charge in [0.15, 0.2) is 12.3 Å². The van der Waals surface area contributed by atoms with Gasteiger partial charge in [0.2, 0.25) is 5.91 Å². The van der Waals surface area contributed by atoms with Crippen molar-refractivity contribution in [3.63, 3.8) is 0 Å². The number of anilines is 2. The maximum absolute atomic E-state index is 13.7. The second kappa shape index (κ2) is 9.76. The number of amides is 4. The first kappa shape index (κ1) is 24.0. The monoisotopic (exact) mass is 502 g/mol. The highest BCUT2D eigenvalue weighted by molar-refractivity contribution is 6.09. The molecule has 37 heavy (non-hydrogen) atoms. The molecule has 3 heterocycles. The zero-order valence-electron chi connectivity index (χ0n) is 20.1. The molecule has 0 radical (unpaired) electrons. The fraction of sp³-hybridized carbons (Fsp3) is 0.269. The molecule has 2 aromatic carbocycles. The van der Waals surface area contributed by atoms with Crippen LogP contribution in [0.1, 0.15) is 45.8 Å². The molecule has 0 saturated carbocycles. The molecule has 0 bridgehead atoms. The summed E-state index contributed by atoms with van der Waals surface area (Å²) in [7, 11) is 0. The van der Waals surface area contributed by atoms with Gasteiger partial charge < -0.3 is 26.0 Å². The highest BCUT2D eigenvalue weighted by Gasteiger charge is 2.34. The Morgan fingerprint density at radius 2 is 1.49 bits per heavy atom. The Morgan fingerprint density at radius 3 is 2.11 bits per heavy atom. The Kier molecular flexibility index (Phi) is 6.34. The van der Waals surface area contributed by atoms with Crippen molar-refractivity contribution in [1.82, 2.24) is 9.78 Å². The fourth-order valence-corrected chi connectivity index (χ4v) is 4.72. The Labute approximate surface area is 212 Å². The van der Waals surface area contributed by atoms with E-state index in [-0.39, 0.29) is 29.8 Å². The number of rotatable bonds is 7. The lowest BCUT2D eigenvalue weighted by molar-refractivity contribution is -0.120. The average Bonchev–Trinajstić information content (AvgIpc) is 3.29. The molecule has 3 aromatic rings. The van der Waals surface area contributed by atoms with Gasteiger partial charge in [-0.25, -0.2) is 4.68 Å². The number of benzene rings is 2. The Hall–Kier alpha value is -4.67. The minimum Gasteiger partial charge on any atom is -0.484 e. The molecule has 5 rings (SSSR count). The van der Waals surface area contributed by atoms with E-state index in [0.29, 0.717) is 48.6 Å². The third-order valence-electron chi connectivity index (χ3n) is 6.51. The van der Waals surface area contributed by atoms with E-state index in [1.165, 1.54) is 4.68 Å². The van der Waals surface area contributed by atoms with Gasteiger partial charge >= 0.3 is 0 Å². The van der Waals surface area contributed by atoms with E-state index in [1.54, 1.807) is 34.1 Å². The lowest BCUT2D eigenvalue weighted by atomic mass is 10.0. The first-order chi connectivity index (χ1) is 17.8. The van der Waals surface area contributed by atoms with Crippen LogP contribution < -0.4 is 26.0 Å². The molecule has 4 amide bonds. The third-order valence-corrected chi connectivity index (χ3v) is 6.51. The summed E-state index contributed by atoms with van der Waals surface area (Å²) in [5, 5.41) is 4.36. The molecule has 0 atom stereocenters. The summed E-state index contributed by atoms with van der Waals surface area (Å²) in [5.41, 5.74) is 13.5. The second-order valence-electron chi connectivity index (χ2n) is 8.93. The highest BCUT2D eigenvalue weighted by Crippen LogP contribution is 2.31. The second-order valence-corrected chi connectivity index (χ2v) is 8.93. The predicted octanol–water partition coefficient (Wildman–Crippen LogP) is 1.56. The molecule has 4 N–H and O–H groups in total. The zero-order valence-corrected chi connectivity index (χ0v) is 20.1. The number of hydrogen-bond donors (Lipinski definition) is 2. The first-order valence-corrected chi connectivity index (χ1v) is 12.0. The molecule has 190 valence electrons. The lowest BCUT2D eigenvalue weighted by Crippen LogP contribution is -2.39. The van der Waals surface area contributed by atoms with Gasteiger partial charge in [-0.1, -0.05) is 0 Å². The van der Waals surface area contributed by atoms with Crippen molar-refractivity contribution >= 4 is 35.0 Å². The van der Waals surface area contributed by atoms with E-state index in [2.05, 4.69) is 5.10 Å². The van der Waals surface area contributed by atoms with Crippen LogP contribution in [0.3, 0.4) is 0 Å². The van der Waals surface area contributed by atoms with Crippen LogP contribution in [0, 0.1) is 0 Å². The van der Waals surface area contributed by atoms with Crippen LogP contribution in [-0.2, 0) is 16.0 Å². The number of nitrogens with two attached hydrogens (primary N) is 2. The van der Waals surface area contributed by atoms with Crippen LogP contribution >= 0.6 is 0 Å². The van der Waals surface area contributed by atoms with Gasteiger partial charge in [-0.15, -0.1) is 0 Å². The molecule has 1 fully saturated rings. The average molecular weight is 503 g/mol. The molecular weight excluding hydrogens is 476 g/mol. The van der Waals surface area contributed by atoms with Crippen LogP contribution in [0.2, 0.25) is 0 Å². The molecule has 11 nitrogen and oxygen atoms in total. The van der Waals surface area contributed by atoms with Crippen LogP contribution in [0.5, 0.6) is 5.75 Å². The number of aromatic nitrogens is 2. The highest BCUT2D eigenvalue weighted by atomic mass is 16.5. The number of ether oxygens (including phenoxy) is 1. The normalized spacial score (nSPS) is 15.5. The Morgan fingerprint density at radius 1 is 0.838 bits per heavy atom. The largest absolute Gasteiger partial charge is 0.484 e. The quantitative estimate of drug-likeness (QED) is 0.500. The van der Waals surface area contributed by atoms with E-state index in [4.69, 9.17) is 16.2 Å². The van der Waals surface area contributed by atoms with Gasteiger partial charge in [0.25, 0.3) is 17.7 Å². The Balaban J connectivity index is 1.45. The smallest absolute Gasteiger partial charge is 0.277 e. The molecule has 2 aliphatic rings. The third kappa shape index (κ3) is 4.63. The standard InChI is InChI=1S/C26H26N6O5/c27-21(33)15-37-19-10-8-18(9-11-19)32-24-20(23(29-32)25(28)35)12-14-31(26(24)36)17-6-4-16(5-7-17)30-13-2-1-3-22(30)34/h4-11H,1-3,12-15H2,(H2,27,33)(H2,28,35). The van der Waals surface area contributed by atoms with Crippen LogP contribution in [-0.4, -0.2) is 53.1 Å². The van der Waals surface area contributed by atoms with Crippen molar-refractivity contribution in [2.45, 2.75) is 25.7 Å². The van der Waals surface area contributed by atoms with Gasteiger partial charge in [-0.2, -0.15) is 5.10 Å². The van der Waals surface area contributed by atoms with Crippen LogP contribution in [0.4, 0.5) is 11.4 Å². The molecule has 0 unspecified atom stereocenters. The van der Waals surface area contributed by atoms with E-state index in [0.717, 1.165) is 18.5 Å². The Bertz CT molecular complexity index is 1380. The van der Waals surface area contributed by atoms with E-state index >= 15 is 0 Å². The maximum atomic E-state index is 13.7. The van der Waals surface area contributed by atoms with Crippen molar-refractivity contribution < 1.29 is 23.9 Å². The number of piperidine rings is 1. The molecule has 11 heteroatoms. The maximum Gasteiger partial charge on any atom is 0.277 e. The molecular formula is C26H26N6O5. The van der Waals surface area contributed by atoms with Crippen molar-refractivity contribution in [3.05, 3.63) is 65.5 Å². The van der Waals surface area contributed by atoms with Crippen molar-refractivity contribution in [3.8, 4) is 11.4 Å². The van der Waals surface area contributed by atoms with Gasteiger partial charge in [-0.3, -0.25) is 19.2 Å². The molecule has 1 aromatic heterocycles. The number of primary amides is 2. The number of fused-ring (bicyclic) bond motifs is 1. The van der Waals surface area contributed by atoms with Gasteiger partial charge in [0.1, 0.15) is 11.4 Å². The molecule has 1 saturated heterocycles. The number of hydrogen-bond acceptors (Lipinski definition) is 6. The van der Waals surface area contributed by atoms with Crippen LogP contribution in [0.25, 0.3) is 5.69 Å². The molecule has 0 spiro atoms. The summed E-state index contributed by atoms with van der Waals surface area (Å²) in [6.07, 6.45) is 2.80. The van der Waals surface area contributed by atoms with Gasteiger partial charge in [0, 0.05) is 36.4 Å². The van der Waals surface area contributed by atoms with Crippen molar-refractivity contribution in [2.24, 2.45) is 11.5 Å². The van der Waals surface area contributed by atoms with Crippen molar-refractivity contribution in [1.29, 1.82) is 0 Å².